The number of halogens is 1. The quantitative estimate of drug-likeness (QED) is 0.317. The average molecular weight is 561 g/mol. The first-order valence-electron chi connectivity index (χ1n) is 13.4. The second-order valence-corrected chi connectivity index (χ2v) is 11.0. The van der Waals surface area contributed by atoms with Gasteiger partial charge < -0.3 is 24.3 Å². The number of likely N-dealkylation sites (N-methyl/N-ethyl adjacent to an activating group) is 1. The Morgan fingerprint density at radius 3 is 2.37 bits per heavy atom. The lowest BCUT2D eigenvalue weighted by Gasteiger charge is -2.33. The fourth-order valence-electron chi connectivity index (χ4n) is 4.79. The molecule has 2 N–H and O–H groups in total. The summed E-state index contributed by atoms with van der Waals surface area (Å²) < 4.78 is 25.7. The molecule has 1 aliphatic heterocycles. The number of piperazine rings is 1. The van der Waals surface area contributed by atoms with Gasteiger partial charge in [0.05, 0.1) is 11.1 Å². The minimum atomic E-state index is -0.675. The van der Waals surface area contributed by atoms with Crippen LogP contribution in [-0.4, -0.2) is 65.7 Å². The van der Waals surface area contributed by atoms with E-state index in [-0.39, 0.29) is 11.7 Å². The Hall–Kier alpha value is -4.51. The highest BCUT2D eigenvalue weighted by atomic mass is 19.1. The molecule has 0 bridgehead atoms. The van der Waals surface area contributed by atoms with Crippen molar-refractivity contribution in [2.45, 2.75) is 33.3 Å². The SMILES string of the molecule is CC(=O)Nc1cc(NC(=O)OC(C)(C)C)ccc1-c1oc2ncnc(N3CCN(C)CC3)c2c1-c1ccc(F)cc1. The molecular weight excluding hydrogens is 527 g/mol. The predicted molar refractivity (Wildman–Crippen MR) is 157 cm³/mol. The Kier molecular flexibility index (Phi) is 7.63. The van der Waals surface area contributed by atoms with E-state index in [0.29, 0.717) is 44.9 Å². The number of anilines is 3. The molecule has 0 aliphatic carbocycles. The van der Waals surface area contributed by atoms with Crippen LogP contribution in [0.5, 0.6) is 0 Å². The monoisotopic (exact) mass is 560 g/mol. The Bertz CT molecular complexity index is 1590. The maximum absolute atomic E-state index is 14.0. The number of nitrogens with one attached hydrogen (secondary N) is 2. The summed E-state index contributed by atoms with van der Waals surface area (Å²) in [5, 5.41) is 6.25. The van der Waals surface area contributed by atoms with Gasteiger partial charge in [0.15, 0.2) is 0 Å². The molecule has 2 aromatic carbocycles. The number of amides is 2. The van der Waals surface area contributed by atoms with Crippen LogP contribution in [0, 0.1) is 5.82 Å². The highest BCUT2D eigenvalue weighted by Crippen LogP contribution is 2.46. The third-order valence-corrected chi connectivity index (χ3v) is 6.62. The van der Waals surface area contributed by atoms with Crippen molar-refractivity contribution in [1.29, 1.82) is 0 Å². The molecule has 0 unspecified atom stereocenters. The van der Waals surface area contributed by atoms with Crippen molar-refractivity contribution in [3.05, 3.63) is 54.6 Å². The van der Waals surface area contributed by atoms with Crippen LogP contribution in [0.4, 0.5) is 26.4 Å². The summed E-state index contributed by atoms with van der Waals surface area (Å²) in [5.41, 5.74) is 2.45. The van der Waals surface area contributed by atoms with Gasteiger partial charge in [-0.15, -0.1) is 0 Å². The molecule has 2 amide bonds. The molecule has 1 fully saturated rings. The van der Waals surface area contributed by atoms with E-state index in [1.807, 2.05) is 0 Å². The van der Waals surface area contributed by atoms with E-state index in [4.69, 9.17) is 9.15 Å². The number of hydrogen-bond donors (Lipinski definition) is 2. The van der Waals surface area contributed by atoms with Crippen LogP contribution in [0.15, 0.2) is 53.2 Å². The van der Waals surface area contributed by atoms with Crippen LogP contribution in [0.3, 0.4) is 0 Å². The number of furan rings is 1. The Balaban J connectivity index is 1.68. The standard InChI is InChI=1S/C30H33FN6O4/c1-18(38)34-23-16-21(35-29(39)41-30(2,3)4)10-11-22(23)26-24(19-6-8-20(31)9-7-19)25-27(32-17-33-28(25)40-26)37-14-12-36(5)13-15-37/h6-11,16-17H,12-15H2,1-5H3,(H,34,38)(H,35,39). The van der Waals surface area contributed by atoms with Gasteiger partial charge in [0.25, 0.3) is 0 Å². The molecule has 5 rings (SSSR count). The minimum absolute atomic E-state index is 0.307. The van der Waals surface area contributed by atoms with Crippen molar-refractivity contribution < 1.29 is 23.1 Å². The normalized spacial score (nSPS) is 14.2. The van der Waals surface area contributed by atoms with E-state index < -0.39 is 11.7 Å². The summed E-state index contributed by atoms with van der Waals surface area (Å²) in [4.78, 5) is 38.2. The van der Waals surface area contributed by atoms with E-state index in [2.05, 4.69) is 37.4 Å². The van der Waals surface area contributed by atoms with Gasteiger partial charge in [-0.3, -0.25) is 10.1 Å². The summed E-state index contributed by atoms with van der Waals surface area (Å²) in [6, 6.07) is 11.2. The Labute approximate surface area is 237 Å². The number of carbonyl (C=O) groups is 2. The van der Waals surface area contributed by atoms with E-state index in [9.17, 15) is 14.0 Å². The van der Waals surface area contributed by atoms with Crippen molar-refractivity contribution >= 4 is 40.3 Å². The number of fused-ring (bicyclic) bond motifs is 1. The number of benzene rings is 2. The number of carbonyl (C=O) groups excluding carboxylic acids is 2. The predicted octanol–water partition coefficient (Wildman–Crippen LogP) is 5.75. The third-order valence-electron chi connectivity index (χ3n) is 6.62. The number of nitrogens with zero attached hydrogens (tertiary/aromatic N) is 4. The van der Waals surface area contributed by atoms with E-state index in [0.717, 1.165) is 32.0 Å². The largest absolute Gasteiger partial charge is 0.444 e. The molecule has 214 valence electrons. The first kappa shape index (κ1) is 28.0. The number of hydrogen-bond acceptors (Lipinski definition) is 8. The van der Waals surface area contributed by atoms with Gasteiger partial charge in [-0.25, -0.2) is 19.2 Å². The van der Waals surface area contributed by atoms with E-state index in [1.165, 1.54) is 25.4 Å². The van der Waals surface area contributed by atoms with E-state index >= 15 is 0 Å². The summed E-state index contributed by atoms with van der Waals surface area (Å²) in [6.07, 6.45) is 0.849. The molecule has 0 atom stereocenters. The Morgan fingerprint density at radius 2 is 1.71 bits per heavy atom. The zero-order valence-corrected chi connectivity index (χ0v) is 23.7. The summed E-state index contributed by atoms with van der Waals surface area (Å²) in [5.74, 6) is 0.477. The van der Waals surface area contributed by atoms with Gasteiger partial charge in [0.2, 0.25) is 11.6 Å². The molecule has 41 heavy (non-hydrogen) atoms. The van der Waals surface area contributed by atoms with Gasteiger partial charge in [0.1, 0.15) is 29.3 Å². The summed E-state index contributed by atoms with van der Waals surface area (Å²) in [7, 11) is 2.08. The maximum Gasteiger partial charge on any atom is 0.412 e. The molecule has 3 heterocycles. The van der Waals surface area contributed by atoms with Crippen molar-refractivity contribution in [3.63, 3.8) is 0 Å². The summed E-state index contributed by atoms with van der Waals surface area (Å²) >= 11 is 0. The van der Waals surface area contributed by atoms with Gasteiger partial charge in [-0.2, -0.15) is 0 Å². The first-order valence-corrected chi connectivity index (χ1v) is 13.4. The second kappa shape index (κ2) is 11.2. The molecule has 1 saturated heterocycles. The molecule has 4 aromatic rings. The topological polar surface area (TPSA) is 113 Å². The number of rotatable bonds is 5. The maximum atomic E-state index is 14.0. The molecule has 1 aliphatic rings. The van der Waals surface area contributed by atoms with Gasteiger partial charge >= 0.3 is 6.09 Å². The van der Waals surface area contributed by atoms with Crippen LogP contribution >= 0.6 is 0 Å². The molecular formula is C30H33FN6O4. The zero-order valence-electron chi connectivity index (χ0n) is 23.7. The third kappa shape index (κ3) is 6.30. The molecule has 0 radical (unpaired) electrons. The smallest absolute Gasteiger partial charge is 0.412 e. The highest BCUT2D eigenvalue weighted by Gasteiger charge is 2.27. The van der Waals surface area contributed by atoms with E-state index in [1.54, 1.807) is 51.1 Å². The lowest BCUT2D eigenvalue weighted by Crippen LogP contribution is -2.44. The van der Waals surface area contributed by atoms with Crippen LogP contribution in [0.1, 0.15) is 27.7 Å². The van der Waals surface area contributed by atoms with Crippen molar-refractivity contribution in [2.75, 3.05) is 48.8 Å². The van der Waals surface area contributed by atoms with Crippen molar-refractivity contribution in [3.8, 4) is 22.5 Å². The van der Waals surface area contributed by atoms with Crippen LogP contribution in [0.25, 0.3) is 33.6 Å². The van der Waals surface area contributed by atoms with Crippen LogP contribution < -0.4 is 15.5 Å². The highest BCUT2D eigenvalue weighted by molar-refractivity contribution is 6.08. The van der Waals surface area contributed by atoms with Gasteiger partial charge in [0, 0.05) is 49.9 Å². The minimum Gasteiger partial charge on any atom is -0.444 e. The fourth-order valence-corrected chi connectivity index (χ4v) is 4.79. The lowest BCUT2D eigenvalue weighted by atomic mass is 9.97. The lowest BCUT2D eigenvalue weighted by molar-refractivity contribution is -0.114. The molecule has 11 heteroatoms. The average Bonchev–Trinajstić information content (AvgIpc) is 3.28. The fraction of sp³-hybridized carbons (Fsp3) is 0.333. The van der Waals surface area contributed by atoms with Crippen LogP contribution in [-0.2, 0) is 9.53 Å². The molecule has 0 spiro atoms. The second-order valence-electron chi connectivity index (χ2n) is 11.0. The summed E-state index contributed by atoms with van der Waals surface area (Å²) in [6.45, 7) is 10.0. The van der Waals surface area contributed by atoms with Gasteiger partial charge in [-0.1, -0.05) is 12.1 Å². The van der Waals surface area contributed by atoms with Crippen molar-refractivity contribution in [1.82, 2.24) is 14.9 Å². The van der Waals surface area contributed by atoms with Gasteiger partial charge in [-0.05, 0) is 63.7 Å². The molecule has 0 saturated carbocycles. The first-order chi connectivity index (χ1) is 19.5. The van der Waals surface area contributed by atoms with Crippen LogP contribution in [0.2, 0.25) is 0 Å². The zero-order chi connectivity index (χ0) is 29.3. The molecule has 10 nitrogen and oxygen atoms in total. The number of ether oxygens (including phenoxy) is 1. The number of aromatic nitrogens is 2. The van der Waals surface area contributed by atoms with Crippen molar-refractivity contribution in [2.24, 2.45) is 0 Å². The molecule has 2 aromatic heterocycles. The Morgan fingerprint density at radius 1 is 1.00 bits per heavy atom.